The zero-order valence-electron chi connectivity index (χ0n) is 17.1. The predicted molar refractivity (Wildman–Crippen MR) is 115 cm³/mol. The van der Waals surface area contributed by atoms with Crippen molar-refractivity contribution in [3.8, 4) is 22.8 Å². The van der Waals surface area contributed by atoms with E-state index < -0.39 is 0 Å². The van der Waals surface area contributed by atoms with Crippen molar-refractivity contribution in [3.63, 3.8) is 0 Å². The van der Waals surface area contributed by atoms with Gasteiger partial charge in [-0.1, -0.05) is 30.3 Å². The highest BCUT2D eigenvalue weighted by Crippen LogP contribution is 2.27. The van der Waals surface area contributed by atoms with E-state index in [2.05, 4.69) is 10.4 Å². The van der Waals surface area contributed by atoms with E-state index in [4.69, 9.17) is 9.47 Å². The second-order valence-corrected chi connectivity index (χ2v) is 6.72. The maximum atomic E-state index is 12.4. The van der Waals surface area contributed by atoms with E-state index in [0.717, 1.165) is 16.9 Å². The Kier molecular flexibility index (Phi) is 7.21. The van der Waals surface area contributed by atoms with Gasteiger partial charge in [-0.05, 0) is 36.2 Å². The number of carbonyl (C=O) groups excluding carboxylic acids is 1. The molecule has 0 saturated carbocycles. The lowest BCUT2D eigenvalue weighted by atomic mass is 10.1. The maximum absolute atomic E-state index is 12.4. The summed E-state index contributed by atoms with van der Waals surface area (Å²) in [7, 11) is 3.11. The molecule has 0 atom stereocenters. The van der Waals surface area contributed by atoms with Gasteiger partial charge in [-0.15, -0.1) is 0 Å². The first-order chi connectivity index (χ1) is 14.6. The van der Waals surface area contributed by atoms with Crippen molar-refractivity contribution < 1.29 is 14.3 Å². The number of hydrogen-bond acceptors (Lipinski definition) is 5. The third kappa shape index (κ3) is 5.47. The summed E-state index contributed by atoms with van der Waals surface area (Å²) < 4.78 is 11.9. The van der Waals surface area contributed by atoms with E-state index in [0.29, 0.717) is 37.4 Å². The largest absolute Gasteiger partial charge is 0.497 e. The zero-order valence-corrected chi connectivity index (χ0v) is 17.1. The summed E-state index contributed by atoms with van der Waals surface area (Å²) in [6.07, 6.45) is 0.812. The highest BCUT2D eigenvalue weighted by Gasteiger charge is 2.12. The van der Waals surface area contributed by atoms with Crippen LogP contribution < -0.4 is 20.3 Å². The SMILES string of the molecule is COc1ccc(-c2nn(CCCC(=O)NCc3ccccc3)c(=O)cc2OC)cc1. The molecule has 3 aromatic rings. The Morgan fingerprint density at radius 2 is 1.77 bits per heavy atom. The van der Waals surface area contributed by atoms with Crippen molar-refractivity contribution >= 4 is 5.91 Å². The Hall–Kier alpha value is -3.61. The molecule has 156 valence electrons. The van der Waals surface area contributed by atoms with E-state index in [9.17, 15) is 9.59 Å². The van der Waals surface area contributed by atoms with Crippen LogP contribution in [0.5, 0.6) is 11.5 Å². The Labute approximate surface area is 175 Å². The summed E-state index contributed by atoms with van der Waals surface area (Å²) >= 11 is 0. The molecule has 2 aromatic carbocycles. The molecule has 1 aromatic heterocycles. The molecule has 0 aliphatic rings. The van der Waals surface area contributed by atoms with Gasteiger partial charge in [0.1, 0.15) is 11.4 Å². The summed E-state index contributed by atoms with van der Waals surface area (Å²) in [6.45, 7) is 0.826. The van der Waals surface area contributed by atoms with Crippen LogP contribution in [-0.2, 0) is 17.9 Å². The average Bonchev–Trinajstić information content (AvgIpc) is 2.79. The van der Waals surface area contributed by atoms with Crippen molar-refractivity contribution in [3.05, 3.63) is 76.6 Å². The van der Waals surface area contributed by atoms with Crippen LogP contribution in [0.4, 0.5) is 0 Å². The fraction of sp³-hybridized carbons (Fsp3) is 0.261. The number of nitrogens with one attached hydrogen (secondary N) is 1. The normalized spacial score (nSPS) is 10.5. The van der Waals surface area contributed by atoms with Crippen LogP contribution in [-0.4, -0.2) is 29.9 Å². The summed E-state index contributed by atoms with van der Waals surface area (Å²) in [5.41, 5.74) is 2.15. The third-order valence-corrected chi connectivity index (χ3v) is 4.65. The van der Waals surface area contributed by atoms with E-state index in [1.54, 1.807) is 7.11 Å². The lowest BCUT2D eigenvalue weighted by Crippen LogP contribution is -2.26. The van der Waals surface area contributed by atoms with Gasteiger partial charge in [0.05, 0.1) is 14.2 Å². The van der Waals surface area contributed by atoms with Gasteiger partial charge in [0, 0.05) is 31.1 Å². The van der Waals surface area contributed by atoms with Gasteiger partial charge in [0.15, 0.2) is 5.75 Å². The van der Waals surface area contributed by atoms with Gasteiger partial charge >= 0.3 is 0 Å². The Morgan fingerprint density at radius 3 is 2.43 bits per heavy atom. The molecule has 7 nitrogen and oxygen atoms in total. The number of aryl methyl sites for hydroxylation is 1. The van der Waals surface area contributed by atoms with Crippen molar-refractivity contribution in [1.29, 1.82) is 0 Å². The number of methoxy groups -OCH3 is 2. The highest BCUT2D eigenvalue weighted by molar-refractivity contribution is 5.75. The van der Waals surface area contributed by atoms with Crippen molar-refractivity contribution in [1.82, 2.24) is 15.1 Å². The third-order valence-electron chi connectivity index (χ3n) is 4.65. The van der Waals surface area contributed by atoms with E-state index in [1.165, 1.54) is 17.9 Å². The molecule has 30 heavy (non-hydrogen) atoms. The number of amides is 1. The smallest absolute Gasteiger partial charge is 0.270 e. The summed E-state index contributed by atoms with van der Waals surface area (Å²) in [5.74, 6) is 1.07. The second-order valence-electron chi connectivity index (χ2n) is 6.72. The molecule has 1 amide bonds. The van der Waals surface area contributed by atoms with Crippen LogP contribution in [0.25, 0.3) is 11.3 Å². The first kappa shape index (κ1) is 21.1. The van der Waals surface area contributed by atoms with Crippen LogP contribution in [0.1, 0.15) is 18.4 Å². The second kappa shape index (κ2) is 10.2. The standard InChI is InChI=1S/C23H25N3O4/c1-29-19-12-10-18(11-13-19)23-20(30-2)15-22(28)26(25-23)14-6-9-21(27)24-16-17-7-4-3-5-8-17/h3-5,7-8,10-13,15H,6,9,14,16H2,1-2H3,(H,24,27). The van der Waals surface area contributed by atoms with Crippen molar-refractivity contribution in [2.24, 2.45) is 0 Å². The number of rotatable bonds is 9. The summed E-state index contributed by atoms with van der Waals surface area (Å²) in [5, 5.41) is 7.35. The minimum absolute atomic E-state index is 0.0595. The first-order valence-corrected chi connectivity index (χ1v) is 9.72. The van der Waals surface area contributed by atoms with E-state index in [-0.39, 0.29) is 11.5 Å². The van der Waals surface area contributed by atoms with Crippen LogP contribution in [0.3, 0.4) is 0 Å². The quantitative estimate of drug-likeness (QED) is 0.590. The highest BCUT2D eigenvalue weighted by atomic mass is 16.5. The van der Waals surface area contributed by atoms with Crippen LogP contribution in [0.2, 0.25) is 0 Å². The maximum Gasteiger partial charge on any atom is 0.270 e. The minimum Gasteiger partial charge on any atom is -0.497 e. The number of carbonyl (C=O) groups is 1. The molecule has 0 fully saturated rings. The average molecular weight is 407 g/mol. The van der Waals surface area contributed by atoms with Crippen LogP contribution in [0.15, 0.2) is 65.5 Å². The molecular weight excluding hydrogens is 382 g/mol. The predicted octanol–water partition coefficient (Wildman–Crippen LogP) is 3.02. The molecule has 0 unspecified atom stereocenters. The molecule has 1 heterocycles. The molecule has 0 bridgehead atoms. The van der Waals surface area contributed by atoms with E-state index >= 15 is 0 Å². The molecule has 0 saturated heterocycles. The van der Waals surface area contributed by atoms with Crippen molar-refractivity contribution in [2.75, 3.05) is 14.2 Å². The van der Waals surface area contributed by atoms with Gasteiger partial charge in [-0.2, -0.15) is 5.10 Å². The molecule has 0 spiro atoms. The molecule has 1 N–H and O–H groups in total. The molecule has 0 aliphatic heterocycles. The Balaban J connectivity index is 1.64. The number of ether oxygens (including phenoxy) is 2. The first-order valence-electron chi connectivity index (χ1n) is 9.72. The van der Waals surface area contributed by atoms with Gasteiger partial charge in [-0.25, -0.2) is 4.68 Å². The summed E-state index contributed by atoms with van der Waals surface area (Å²) in [4.78, 5) is 24.5. The van der Waals surface area contributed by atoms with E-state index in [1.807, 2.05) is 54.6 Å². The molecule has 0 radical (unpaired) electrons. The number of hydrogen-bond donors (Lipinski definition) is 1. The van der Waals surface area contributed by atoms with Crippen molar-refractivity contribution in [2.45, 2.75) is 25.9 Å². The van der Waals surface area contributed by atoms with Crippen LogP contribution in [0, 0.1) is 0 Å². The number of nitrogens with zero attached hydrogens (tertiary/aromatic N) is 2. The fourth-order valence-electron chi connectivity index (χ4n) is 3.01. The van der Waals surface area contributed by atoms with Gasteiger partial charge in [0.25, 0.3) is 5.56 Å². The lowest BCUT2D eigenvalue weighted by molar-refractivity contribution is -0.121. The topological polar surface area (TPSA) is 82.5 Å². The molecule has 3 rings (SSSR count). The number of benzene rings is 2. The van der Waals surface area contributed by atoms with Gasteiger partial charge in [-0.3, -0.25) is 9.59 Å². The van der Waals surface area contributed by atoms with Gasteiger partial charge in [0.2, 0.25) is 5.91 Å². The van der Waals surface area contributed by atoms with Gasteiger partial charge < -0.3 is 14.8 Å². The molecular formula is C23H25N3O4. The lowest BCUT2D eigenvalue weighted by Gasteiger charge is -2.12. The Bertz CT molecular complexity index is 1030. The minimum atomic E-state index is -0.270. The monoisotopic (exact) mass is 407 g/mol. The Morgan fingerprint density at radius 1 is 1.03 bits per heavy atom. The molecule has 0 aliphatic carbocycles. The number of aromatic nitrogens is 2. The zero-order chi connectivity index (χ0) is 21.3. The molecule has 7 heteroatoms. The fourth-order valence-corrected chi connectivity index (χ4v) is 3.01. The van der Waals surface area contributed by atoms with Crippen LogP contribution >= 0.6 is 0 Å². The summed E-state index contributed by atoms with van der Waals surface area (Å²) in [6, 6.07) is 18.5.